The van der Waals surface area contributed by atoms with Crippen LogP contribution in [0.2, 0.25) is 0 Å². The molecule has 0 unspecified atom stereocenters. The zero-order chi connectivity index (χ0) is 8.27. The number of nitrogens with one attached hydrogen (secondary N) is 3. The van der Waals surface area contributed by atoms with Crippen molar-refractivity contribution in [3.63, 3.8) is 0 Å². The van der Waals surface area contributed by atoms with Crippen molar-refractivity contribution in [1.29, 1.82) is 0 Å². The first kappa shape index (κ1) is 8.14. The summed E-state index contributed by atoms with van der Waals surface area (Å²) in [4.78, 5) is 0. The molecule has 0 atom stereocenters. The minimum absolute atomic E-state index is 1.12. The molecule has 0 aromatic rings. The van der Waals surface area contributed by atoms with E-state index in [4.69, 9.17) is 0 Å². The smallest absolute Gasteiger partial charge is 0.0854 e. The maximum atomic E-state index is 3.10. The van der Waals surface area contributed by atoms with Crippen LogP contribution in [0.15, 0.2) is 23.5 Å². The summed E-state index contributed by atoms with van der Waals surface area (Å²) in [6, 6.07) is 1.12. The first-order valence-corrected chi connectivity index (χ1v) is 3.65. The molecular weight excluding hydrogens is 138 g/mol. The van der Waals surface area contributed by atoms with Crippen molar-refractivity contribution in [2.24, 2.45) is 0 Å². The molecule has 3 N–H and O–H groups in total. The van der Waals surface area contributed by atoms with Crippen LogP contribution in [0.1, 0.15) is 0 Å². The van der Waals surface area contributed by atoms with E-state index in [1.54, 1.807) is 0 Å². The quantitative estimate of drug-likeness (QED) is 0.531. The lowest BCUT2D eigenvalue weighted by Gasteiger charge is -2.05. The molecule has 1 rings (SSSR count). The van der Waals surface area contributed by atoms with Crippen molar-refractivity contribution in [3.8, 4) is 0 Å². The molecule has 3 nitrogen and oxygen atoms in total. The predicted octanol–water partition coefficient (Wildman–Crippen LogP) is -0.0420. The Bertz CT molecular complexity index is 174. The predicted molar refractivity (Wildman–Crippen MR) is 46.6 cm³/mol. The van der Waals surface area contributed by atoms with Crippen LogP contribution in [0, 0.1) is 6.04 Å². The summed E-state index contributed by atoms with van der Waals surface area (Å²) in [7, 11) is 5.74. The van der Waals surface area contributed by atoms with Gasteiger partial charge < -0.3 is 16.0 Å². The maximum Gasteiger partial charge on any atom is 0.0854 e. The van der Waals surface area contributed by atoms with Crippen LogP contribution in [0.4, 0.5) is 0 Å². The number of hydrogen-bond donors (Lipinski definition) is 3. The maximum absolute atomic E-state index is 3.10. The van der Waals surface area contributed by atoms with E-state index in [-0.39, 0.29) is 0 Å². The third kappa shape index (κ3) is 1.54. The van der Waals surface area contributed by atoms with Crippen molar-refractivity contribution < 1.29 is 0 Å². The summed E-state index contributed by atoms with van der Waals surface area (Å²) in [5.74, 6) is 0. The molecule has 61 valence electrons. The van der Waals surface area contributed by atoms with Crippen LogP contribution >= 0.6 is 0 Å². The van der Waals surface area contributed by atoms with E-state index in [9.17, 15) is 0 Å². The average molecular weight is 152 g/mol. The second-order valence-electron chi connectivity index (χ2n) is 2.32. The number of hydrogen-bond acceptors (Lipinski definition) is 3. The molecule has 1 radical (unpaired) electrons. The fourth-order valence-electron chi connectivity index (χ4n) is 1.07. The molecule has 0 aliphatic heterocycles. The minimum Gasteiger partial charge on any atom is -0.387 e. The standard InChI is InChI=1S/C8H14N3/c1-9-6-4-7(10-2)8(5-6)11-3/h4-5,9-11H,1-3H3. The van der Waals surface area contributed by atoms with Gasteiger partial charge in [-0.05, 0) is 19.2 Å². The van der Waals surface area contributed by atoms with E-state index in [2.05, 4.69) is 28.1 Å². The van der Waals surface area contributed by atoms with Gasteiger partial charge in [-0.15, -0.1) is 0 Å². The van der Waals surface area contributed by atoms with E-state index in [0.29, 0.717) is 0 Å². The Labute approximate surface area is 67.6 Å². The molecule has 1 aliphatic rings. The summed E-state index contributed by atoms with van der Waals surface area (Å²) in [5, 5.41) is 9.27. The van der Waals surface area contributed by atoms with Gasteiger partial charge in [0.25, 0.3) is 0 Å². The van der Waals surface area contributed by atoms with Crippen LogP contribution < -0.4 is 16.0 Å². The number of rotatable bonds is 3. The van der Waals surface area contributed by atoms with Crippen molar-refractivity contribution >= 4 is 0 Å². The SMILES string of the molecule is CN[C]1C=C(NC)C(NC)=C1. The Morgan fingerprint density at radius 3 is 1.55 bits per heavy atom. The molecule has 0 saturated heterocycles. The molecule has 0 spiro atoms. The first-order chi connectivity index (χ1) is 5.31. The summed E-state index contributed by atoms with van der Waals surface area (Å²) < 4.78 is 0. The fourth-order valence-corrected chi connectivity index (χ4v) is 1.07. The normalized spacial score (nSPS) is 17.7. The highest BCUT2D eigenvalue weighted by atomic mass is 15.0. The molecule has 0 amide bonds. The molecule has 11 heavy (non-hydrogen) atoms. The van der Waals surface area contributed by atoms with Gasteiger partial charge in [-0.25, -0.2) is 0 Å². The molecule has 3 heteroatoms. The molecule has 0 saturated carbocycles. The monoisotopic (exact) mass is 152 g/mol. The molecular formula is C8H14N3. The zero-order valence-electron chi connectivity index (χ0n) is 7.15. The number of likely N-dealkylation sites (N-methyl/N-ethyl adjacent to an activating group) is 3. The Balaban J connectivity index is 2.71. The van der Waals surface area contributed by atoms with Gasteiger partial charge in [-0.2, -0.15) is 0 Å². The van der Waals surface area contributed by atoms with Gasteiger partial charge in [-0.3, -0.25) is 0 Å². The van der Waals surface area contributed by atoms with Gasteiger partial charge in [0.1, 0.15) is 0 Å². The van der Waals surface area contributed by atoms with Crippen molar-refractivity contribution in [2.75, 3.05) is 21.1 Å². The lowest BCUT2D eigenvalue weighted by molar-refractivity contribution is 0.917. The van der Waals surface area contributed by atoms with Gasteiger partial charge >= 0.3 is 0 Å². The van der Waals surface area contributed by atoms with Crippen molar-refractivity contribution in [2.45, 2.75) is 0 Å². The van der Waals surface area contributed by atoms with E-state index in [0.717, 1.165) is 17.4 Å². The van der Waals surface area contributed by atoms with Crippen molar-refractivity contribution in [1.82, 2.24) is 16.0 Å². The van der Waals surface area contributed by atoms with E-state index >= 15 is 0 Å². The third-order valence-electron chi connectivity index (χ3n) is 1.72. The Kier molecular flexibility index (Phi) is 2.54. The third-order valence-corrected chi connectivity index (χ3v) is 1.72. The summed E-state index contributed by atoms with van der Waals surface area (Å²) >= 11 is 0. The van der Waals surface area contributed by atoms with Crippen LogP contribution in [-0.4, -0.2) is 21.1 Å². The average Bonchev–Trinajstić information content (AvgIpc) is 2.46. The Morgan fingerprint density at radius 2 is 1.27 bits per heavy atom. The highest BCUT2D eigenvalue weighted by Gasteiger charge is 2.13. The second kappa shape index (κ2) is 3.44. The lowest BCUT2D eigenvalue weighted by atomic mass is 10.3. The first-order valence-electron chi connectivity index (χ1n) is 3.65. The highest BCUT2D eigenvalue weighted by Crippen LogP contribution is 2.17. The van der Waals surface area contributed by atoms with Gasteiger partial charge in [0.2, 0.25) is 0 Å². The fraction of sp³-hybridized carbons (Fsp3) is 0.375. The molecule has 0 aromatic carbocycles. The molecule has 0 bridgehead atoms. The van der Waals surface area contributed by atoms with Gasteiger partial charge in [0.15, 0.2) is 0 Å². The minimum atomic E-state index is 1.12. The molecule has 0 fully saturated rings. The molecule has 1 aliphatic carbocycles. The topological polar surface area (TPSA) is 36.1 Å². The molecule has 0 aromatic heterocycles. The van der Waals surface area contributed by atoms with Gasteiger partial charge in [0.05, 0.1) is 17.4 Å². The highest BCUT2D eigenvalue weighted by molar-refractivity contribution is 5.45. The lowest BCUT2D eigenvalue weighted by Crippen LogP contribution is -2.15. The summed E-state index contributed by atoms with van der Waals surface area (Å²) in [5.41, 5.74) is 2.24. The van der Waals surface area contributed by atoms with Gasteiger partial charge in [0, 0.05) is 14.1 Å². The van der Waals surface area contributed by atoms with E-state index in [1.165, 1.54) is 0 Å². The van der Waals surface area contributed by atoms with Crippen LogP contribution in [0.5, 0.6) is 0 Å². The second-order valence-corrected chi connectivity index (χ2v) is 2.32. The van der Waals surface area contributed by atoms with Crippen LogP contribution in [0.3, 0.4) is 0 Å². The largest absolute Gasteiger partial charge is 0.387 e. The molecule has 0 heterocycles. The Hall–Kier alpha value is -0.960. The Morgan fingerprint density at radius 1 is 0.818 bits per heavy atom. The van der Waals surface area contributed by atoms with Gasteiger partial charge in [-0.1, -0.05) is 0 Å². The summed E-state index contributed by atoms with van der Waals surface area (Å²) in [6.07, 6.45) is 4.12. The van der Waals surface area contributed by atoms with E-state index < -0.39 is 0 Å². The van der Waals surface area contributed by atoms with Crippen LogP contribution in [0.25, 0.3) is 0 Å². The van der Waals surface area contributed by atoms with E-state index in [1.807, 2.05) is 21.1 Å². The zero-order valence-corrected chi connectivity index (χ0v) is 7.15. The van der Waals surface area contributed by atoms with Crippen molar-refractivity contribution in [3.05, 3.63) is 29.6 Å². The summed E-state index contributed by atoms with van der Waals surface area (Å²) in [6.45, 7) is 0. The van der Waals surface area contributed by atoms with Crippen LogP contribution in [-0.2, 0) is 0 Å².